The lowest BCUT2D eigenvalue weighted by Crippen LogP contribution is -2.14. The lowest BCUT2D eigenvalue weighted by Gasteiger charge is -2.17. The van der Waals surface area contributed by atoms with Crippen molar-refractivity contribution < 1.29 is 14.3 Å². The summed E-state index contributed by atoms with van der Waals surface area (Å²) in [5, 5.41) is 3.01. The Hall–Kier alpha value is -2.75. The zero-order chi connectivity index (χ0) is 19.7. The van der Waals surface area contributed by atoms with Crippen LogP contribution in [0.3, 0.4) is 0 Å². The van der Waals surface area contributed by atoms with Crippen LogP contribution in [0, 0.1) is 0 Å². The first kappa shape index (κ1) is 19.0. The number of anilines is 1. The van der Waals surface area contributed by atoms with Gasteiger partial charge in [-0.25, -0.2) is 0 Å². The summed E-state index contributed by atoms with van der Waals surface area (Å²) in [5.74, 6) is 1.68. The summed E-state index contributed by atoms with van der Waals surface area (Å²) in [5.41, 5.74) is 6.01. The standard InChI is InChI=1S/C23H27NO3/c1-13(2)18-11-20(22(27-6)12-21(18)26-5)23(25)24-16-7-8-17-14(3)9-15(4)19(17)10-16/h7-14H,1-6H3,(H,24,25). The maximum absolute atomic E-state index is 13.0. The predicted molar refractivity (Wildman–Crippen MR) is 110 cm³/mol. The van der Waals surface area contributed by atoms with Crippen molar-refractivity contribution in [1.82, 2.24) is 0 Å². The van der Waals surface area contributed by atoms with Gasteiger partial charge in [0.05, 0.1) is 19.8 Å². The fourth-order valence-corrected chi connectivity index (χ4v) is 3.68. The minimum atomic E-state index is -0.191. The van der Waals surface area contributed by atoms with E-state index in [1.165, 1.54) is 16.7 Å². The van der Waals surface area contributed by atoms with Gasteiger partial charge in [0.1, 0.15) is 11.5 Å². The Bertz CT molecular complexity index is 912. The van der Waals surface area contributed by atoms with Crippen molar-refractivity contribution in [3.8, 4) is 11.5 Å². The Kier molecular flexibility index (Phi) is 5.26. The van der Waals surface area contributed by atoms with Crippen molar-refractivity contribution in [1.29, 1.82) is 0 Å². The molecule has 0 aliphatic heterocycles. The molecule has 0 fully saturated rings. The topological polar surface area (TPSA) is 47.6 Å². The van der Waals surface area contributed by atoms with Gasteiger partial charge in [-0.2, -0.15) is 0 Å². The van der Waals surface area contributed by atoms with Crippen molar-refractivity contribution >= 4 is 17.2 Å². The van der Waals surface area contributed by atoms with Crippen LogP contribution in [-0.2, 0) is 0 Å². The van der Waals surface area contributed by atoms with Gasteiger partial charge in [-0.05, 0) is 53.3 Å². The molecule has 0 heterocycles. The maximum Gasteiger partial charge on any atom is 0.259 e. The minimum absolute atomic E-state index is 0.191. The number of fused-ring (bicyclic) bond motifs is 1. The molecular formula is C23H27NO3. The van der Waals surface area contributed by atoms with Crippen LogP contribution >= 0.6 is 0 Å². The van der Waals surface area contributed by atoms with Gasteiger partial charge in [0.15, 0.2) is 0 Å². The van der Waals surface area contributed by atoms with Crippen LogP contribution in [-0.4, -0.2) is 20.1 Å². The number of amides is 1. The van der Waals surface area contributed by atoms with Crippen LogP contribution in [0.5, 0.6) is 11.5 Å². The van der Waals surface area contributed by atoms with Crippen LogP contribution < -0.4 is 14.8 Å². The number of carbonyl (C=O) groups is 1. The van der Waals surface area contributed by atoms with E-state index in [-0.39, 0.29) is 11.8 Å². The number of ether oxygens (including phenoxy) is 2. The van der Waals surface area contributed by atoms with Crippen molar-refractivity contribution in [3.05, 3.63) is 58.7 Å². The maximum atomic E-state index is 13.0. The van der Waals surface area contributed by atoms with Crippen LogP contribution in [0.2, 0.25) is 0 Å². The molecule has 0 aromatic heterocycles. The van der Waals surface area contributed by atoms with Gasteiger partial charge in [-0.1, -0.05) is 32.9 Å². The summed E-state index contributed by atoms with van der Waals surface area (Å²) < 4.78 is 10.9. The lowest BCUT2D eigenvalue weighted by atomic mass is 9.98. The lowest BCUT2D eigenvalue weighted by molar-refractivity contribution is 0.102. The van der Waals surface area contributed by atoms with Crippen molar-refractivity contribution in [2.24, 2.45) is 0 Å². The molecule has 1 N–H and O–H groups in total. The van der Waals surface area contributed by atoms with Crippen LogP contribution in [0.25, 0.3) is 5.57 Å². The second kappa shape index (κ2) is 7.47. The largest absolute Gasteiger partial charge is 0.496 e. The zero-order valence-corrected chi connectivity index (χ0v) is 16.8. The third kappa shape index (κ3) is 3.57. The van der Waals surface area contributed by atoms with Crippen LogP contribution in [0.15, 0.2) is 36.4 Å². The molecular weight excluding hydrogens is 338 g/mol. The van der Waals surface area contributed by atoms with E-state index >= 15 is 0 Å². The van der Waals surface area contributed by atoms with Gasteiger partial charge >= 0.3 is 0 Å². The summed E-state index contributed by atoms with van der Waals surface area (Å²) in [4.78, 5) is 13.0. The molecule has 3 rings (SSSR count). The number of carbonyl (C=O) groups excluding carboxylic acids is 1. The average Bonchev–Trinajstić information content (AvgIpc) is 2.93. The molecule has 2 aromatic rings. The van der Waals surface area contributed by atoms with Crippen molar-refractivity contribution in [3.63, 3.8) is 0 Å². The predicted octanol–water partition coefficient (Wildman–Crippen LogP) is 5.60. The van der Waals surface area contributed by atoms with Gasteiger partial charge < -0.3 is 14.8 Å². The molecule has 0 spiro atoms. The molecule has 1 amide bonds. The van der Waals surface area contributed by atoms with Crippen molar-refractivity contribution in [2.45, 2.75) is 39.5 Å². The molecule has 1 aliphatic rings. The van der Waals surface area contributed by atoms with Gasteiger partial charge in [-0.15, -0.1) is 0 Å². The number of benzene rings is 2. The Morgan fingerprint density at radius 3 is 2.41 bits per heavy atom. The Balaban J connectivity index is 1.94. The van der Waals surface area contributed by atoms with E-state index in [2.05, 4.69) is 45.2 Å². The van der Waals surface area contributed by atoms with Gasteiger partial charge in [0.25, 0.3) is 5.91 Å². The molecule has 142 valence electrons. The summed E-state index contributed by atoms with van der Waals surface area (Å²) in [6.45, 7) is 8.43. The smallest absolute Gasteiger partial charge is 0.259 e. The highest BCUT2D eigenvalue weighted by atomic mass is 16.5. The Labute approximate surface area is 161 Å². The molecule has 0 radical (unpaired) electrons. The molecule has 27 heavy (non-hydrogen) atoms. The van der Waals surface area contributed by atoms with E-state index in [1.807, 2.05) is 18.2 Å². The highest BCUT2D eigenvalue weighted by Gasteiger charge is 2.21. The fourth-order valence-electron chi connectivity index (χ4n) is 3.68. The second-order valence-corrected chi connectivity index (χ2v) is 7.34. The number of methoxy groups -OCH3 is 2. The van der Waals surface area contributed by atoms with E-state index in [4.69, 9.17) is 9.47 Å². The average molecular weight is 365 g/mol. The highest BCUT2D eigenvalue weighted by Crippen LogP contribution is 2.37. The minimum Gasteiger partial charge on any atom is -0.496 e. The molecule has 4 heteroatoms. The van der Waals surface area contributed by atoms with Crippen molar-refractivity contribution in [2.75, 3.05) is 19.5 Å². The van der Waals surface area contributed by atoms with E-state index in [9.17, 15) is 4.79 Å². The third-order valence-electron chi connectivity index (χ3n) is 5.15. The molecule has 0 saturated heterocycles. The van der Waals surface area contributed by atoms with Crippen LogP contribution in [0.4, 0.5) is 5.69 Å². The number of hydrogen-bond donors (Lipinski definition) is 1. The van der Waals surface area contributed by atoms with E-state index in [0.717, 1.165) is 17.0 Å². The monoisotopic (exact) mass is 365 g/mol. The quantitative estimate of drug-likeness (QED) is 0.750. The first-order chi connectivity index (χ1) is 12.8. The second-order valence-electron chi connectivity index (χ2n) is 7.34. The molecule has 0 bridgehead atoms. The van der Waals surface area contributed by atoms with E-state index in [1.54, 1.807) is 20.3 Å². The molecule has 0 saturated carbocycles. The molecule has 4 nitrogen and oxygen atoms in total. The molecule has 2 aromatic carbocycles. The SMILES string of the molecule is COc1cc(OC)c(C(C)C)cc1C(=O)Nc1ccc2c(c1)C(C)=CC2C. The molecule has 1 unspecified atom stereocenters. The molecule has 1 aliphatic carbocycles. The number of hydrogen-bond acceptors (Lipinski definition) is 3. The fraction of sp³-hybridized carbons (Fsp3) is 0.348. The van der Waals surface area contributed by atoms with E-state index < -0.39 is 0 Å². The number of nitrogens with one attached hydrogen (secondary N) is 1. The summed E-state index contributed by atoms with van der Waals surface area (Å²) in [6.07, 6.45) is 2.25. The first-order valence-corrected chi connectivity index (χ1v) is 9.25. The zero-order valence-electron chi connectivity index (χ0n) is 16.8. The Morgan fingerprint density at radius 1 is 1.07 bits per heavy atom. The van der Waals surface area contributed by atoms with Crippen LogP contribution in [0.1, 0.15) is 66.6 Å². The number of allylic oxidation sites excluding steroid dienone is 2. The number of rotatable bonds is 5. The summed E-state index contributed by atoms with van der Waals surface area (Å²) in [7, 11) is 3.19. The summed E-state index contributed by atoms with van der Waals surface area (Å²) >= 11 is 0. The van der Waals surface area contributed by atoms with Gasteiger partial charge in [0, 0.05) is 17.7 Å². The first-order valence-electron chi connectivity index (χ1n) is 9.25. The third-order valence-corrected chi connectivity index (χ3v) is 5.15. The normalized spacial score (nSPS) is 15.4. The Morgan fingerprint density at radius 2 is 1.78 bits per heavy atom. The molecule has 1 atom stereocenters. The van der Waals surface area contributed by atoms with Gasteiger partial charge in [0.2, 0.25) is 0 Å². The highest BCUT2D eigenvalue weighted by molar-refractivity contribution is 6.06. The summed E-state index contributed by atoms with van der Waals surface area (Å²) in [6, 6.07) is 9.73. The van der Waals surface area contributed by atoms with Gasteiger partial charge in [-0.3, -0.25) is 4.79 Å². The van der Waals surface area contributed by atoms with E-state index in [0.29, 0.717) is 17.2 Å².